The number of benzene rings is 1. The number of esters is 2. The minimum absolute atomic E-state index is 0.307. The molecule has 3 rings (SSSR count). The Morgan fingerprint density at radius 3 is 2.07 bits per heavy atom. The monoisotopic (exact) mass is 445 g/mol. The molecule has 2 aromatic rings. The lowest BCUT2D eigenvalue weighted by molar-refractivity contribution is -0.137. The number of methoxy groups -OCH3 is 2. The summed E-state index contributed by atoms with van der Waals surface area (Å²) >= 11 is 3.51. The molecule has 0 saturated heterocycles. The third kappa shape index (κ3) is 3.49. The first-order valence-electron chi connectivity index (χ1n) is 8.58. The molecular formula is C21H20BrNO5. The Morgan fingerprint density at radius 2 is 1.54 bits per heavy atom. The first kappa shape index (κ1) is 19.9. The zero-order chi connectivity index (χ0) is 20.4. The van der Waals surface area contributed by atoms with Crippen molar-refractivity contribution >= 4 is 27.9 Å². The number of furan rings is 1. The van der Waals surface area contributed by atoms with Crippen LogP contribution in [-0.4, -0.2) is 26.2 Å². The molecule has 0 saturated carbocycles. The first-order valence-corrected chi connectivity index (χ1v) is 9.38. The van der Waals surface area contributed by atoms with Crippen molar-refractivity contribution in [2.24, 2.45) is 0 Å². The Bertz CT molecular complexity index is 964. The Morgan fingerprint density at radius 1 is 0.964 bits per heavy atom. The van der Waals surface area contributed by atoms with E-state index in [0.29, 0.717) is 34.1 Å². The SMILES string of the molecule is COC(=O)C1=C(C)NC(C)=C(C(=O)OC)C1c1ccc(-c2ccccc2Br)o1. The fraction of sp³-hybridized carbons (Fsp3) is 0.238. The third-order valence-electron chi connectivity index (χ3n) is 4.62. The lowest BCUT2D eigenvalue weighted by atomic mass is 9.83. The lowest BCUT2D eigenvalue weighted by Crippen LogP contribution is -2.31. The zero-order valence-electron chi connectivity index (χ0n) is 16.0. The summed E-state index contributed by atoms with van der Waals surface area (Å²) in [6.45, 7) is 3.52. The molecule has 0 spiro atoms. The van der Waals surface area contributed by atoms with E-state index in [-0.39, 0.29) is 0 Å². The number of halogens is 1. The summed E-state index contributed by atoms with van der Waals surface area (Å²) in [5.74, 6) is -0.751. The molecule has 7 heteroatoms. The van der Waals surface area contributed by atoms with Crippen LogP contribution in [0.15, 0.2) is 67.8 Å². The molecule has 0 amide bonds. The maximum Gasteiger partial charge on any atom is 0.336 e. The van der Waals surface area contributed by atoms with Gasteiger partial charge in [0.1, 0.15) is 11.5 Å². The van der Waals surface area contributed by atoms with Crippen LogP contribution in [0.3, 0.4) is 0 Å². The van der Waals surface area contributed by atoms with Gasteiger partial charge in [0.2, 0.25) is 0 Å². The summed E-state index contributed by atoms with van der Waals surface area (Å²) in [5, 5.41) is 3.07. The topological polar surface area (TPSA) is 77.8 Å². The van der Waals surface area contributed by atoms with Gasteiger partial charge in [-0.05, 0) is 32.0 Å². The van der Waals surface area contributed by atoms with Gasteiger partial charge in [-0.15, -0.1) is 0 Å². The highest BCUT2D eigenvalue weighted by molar-refractivity contribution is 9.10. The molecule has 1 aliphatic heterocycles. The average Bonchev–Trinajstić information content (AvgIpc) is 3.16. The van der Waals surface area contributed by atoms with Gasteiger partial charge < -0.3 is 19.2 Å². The van der Waals surface area contributed by atoms with Gasteiger partial charge in [0.25, 0.3) is 0 Å². The predicted octanol–water partition coefficient (Wildman–Crippen LogP) is 4.29. The van der Waals surface area contributed by atoms with Crippen LogP contribution in [0.1, 0.15) is 25.5 Å². The van der Waals surface area contributed by atoms with E-state index in [4.69, 9.17) is 13.9 Å². The van der Waals surface area contributed by atoms with Crippen molar-refractivity contribution < 1.29 is 23.5 Å². The molecule has 1 N–H and O–H groups in total. The second-order valence-electron chi connectivity index (χ2n) is 6.30. The molecule has 0 bridgehead atoms. The lowest BCUT2D eigenvalue weighted by Gasteiger charge is -2.28. The van der Waals surface area contributed by atoms with Gasteiger partial charge in [-0.1, -0.05) is 34.1 Å². The molecule has 1 aromatic carbocycles. The summed E-state index contributed by atoms with van der Waals surface area (Å²) in [4.78, 5) is 25.0. The highest BCUT2D eigenvalue weighted by atomic mass is 79.9. The van der Waals surface area contributed by atoms with Crippen molar-refractivity contribution in [3.63, 3.8) is 0 Å². The van der Waals surface area contributed by atoms with Crippen LogP contribution in [0.2, 0.25) is 0 Å². The number of rotatable bonds is 4. The molecule has 0 aliphatic carbocycles. The van der Waals surface area contributed by atoms with E-state index in [0.717, 1.165) is 10.0 Å². The van der Waals surface area contributed by atoms with Crippen LogP contribution >= 0.6 is 15.9 Å². The Kier molecular flexibility index (Phi) is 5.74. The molecule has 0 fully saturated rings. The number of carbonyl (C=O) groups excluding carboxylic acids is 2. The van der Waals surface area contributed by atoms with Crippen LogP contribution in [0.5, 0.6) is 0 Å². The first-order chi connectivity index (χ1) is 13.4. The molecule has 2 heterocycles. The highest BCUT2D eigenvalue weighted by Gasteiger charge is 2.39. The molecule has 1 aromatic heterocycles. The van der Waals surface area contributed by atoms with Crippen molar-refractivity contribution in [2.45, 2.75) is 19.8 Å². The molecule has 0 unspecified atom stereocenters. The van der Waals surface area contributed by atoms with E-state index < -0.39 is 17.9 Å². The second kappa shape index (κ2) is 8.06. The maximum absolute atomic E-state index is 12.5. The third-order valence-corrected chi connectivity index (χ3v) is 5.31. The summed E-state index contributed by atoms with van der Waals surface area (Å²) in [6.07, 6.45) is 0. The molecule has 1 aliphatic rings. The second-order valence-corrected chi connectivity index (χ2v) is 7.15. The summed E-state index contributed by atoms with van der Waals surface area (Å²) in [7, 11) is 2.61. The van der Waals surface area contributed by atoms with Crippen LogP contribution in [0, 0.1) is 0 Å². The molecule has 146 valence electrons. The number of allylic oxidation sites excluding steroid dienone is 2. The van der Waals surface area contributed by atoms with E-state index in [2.05, 4.69) is 21.2 Å². The summed E-state index contributed by atoms with van der Waals surface area (Å²) in [6, 6.07) is 11.2. The number of ether oxygens (including phenoxy) is 2. The Hall–Kier alpha value is -2.80. The minimum atomic E-state index is -0.739. The van der Waals surface area contributed by atoms with Crippen molar-refractivity contribution in [1.82, 2.24) is 5.32 Å². The number of carbonyl (C=O) groups is 2. The molecule has 0 atom stereocenters. The van der Waals surface area contributed by atoms with Crippen LogP contribution in [0.4, 0.5) is 0 Å². The Balaban J connectivity index is 2.16. The number of nitrogens with one attached hydrogen (secondary N) is 1. The van der Waals surface area contributed by atoms with E-state index in [1.165, 1.54) is 14.2 Å². The van der Waals surface area contributed by atoms with Crippen molar-refractivity contribution in [3.8, 4) is 11.3 Å². The number of dihydropyridines is 1. The van der Waals surface area contributed by atoms with Gasteiger partial charge in [0, 0.05) is 21.4 Å². The maximum atomic E-state index is 12.5. The fourth-order valence-electron chi connectivity index (χ4n) is 3.35. The van der Waals surface area contributed by atoms with E-state index in [9.17, 15) is 9.59 Å². The molecule has 0 radical (unpaired) electrons. The smallest absolute Gasteiger partial charge is 0.336 e. The van der Waals surface area contributed by atoms with Crippen molar-refractivity contribution in [3.05, 3.63) is 69.2 Å². The zero-order valence-corrected chi connectivity index (χ0v) is 17.5. The largest absolute Gasteiger partial charge is 0.466 e. The van der Waals surface area contributed by atoms with Crippen molar-refractivity contribution in [2.75, 3.05) is 14.2 Å². The predicted molar refractivity (Wildman–Crippen MR) is 107 cm³/mol. The summed E-state index contributed by atoms with van der Waals surface area (Å²) < 4.78 is 16.9. The number of hydrogen-bond donors (Lipinski definition) is 1. The van der Waals surface area contributed by atoms with E-state index >= 15 is 0 Å². The van der Waals surface area contributed by atoms with Crippen LogP contribution in [-0.2, 0) is 19.1 Å². The summed E-state index contributed by atoms with van der Waals surface area (Å²) in [5.41, 5.74) is 2.67. The van der Waals surface area contributed by atoms with Crippen LogP contribution in [0.25, 0.3) is 11.3 Å². The van der Waals surface area contributed by atoms with Crippen molar-refractivity contribution in [1.29, 1.82) is 0 Å². The van der Waals surface area contributed by atoms with E-state index in [1.807, 2.05) is 30.3 Å². The van der Waals surface area contributed by atoms with E-state index in [1.54, 1.807) is 19.9 Å². The van der Waals surface area contributed by atoms with Crippen LogP contribution < -0.4 is 5.32 Å². The highest BCUT2D eigenvalue weighted by Crippen LogP contribution is 2.41. The number of hydrogen-bond acceptors (Lipinski definition) is 6. The molecular weight excluding hydrogens is 426 g/mol. The molecule has 6 nitrogen and oxygen atoms in total. The minimum Gasteiger partial charge on any atom is -0.466 e. The van der Waals surface area contributed by atoms with Gasteiger partial charge in [-0.2, -0.15) is 0 Å². The normalized spacial score (nSPS) is 14.8. The van der Waals surface area contributed by atoms with Gasteiger partial charge in [-0.25, -0.2) is 9.59 Å². The average molecular weight is 446 g/mol. The molecule has 28 heavy (non-hydrogen) atoms. The van der Waals surface area contributed by atoms with Gasteiger partial charge in [0.05, 0.1) is 31.3 Å². The van der Waals surface area contributed by atoms with Gasteiger partial charge >= 0.3 is 11.9 Å². The Labute approximate surface area is 171 Å². The van der Waals surface area contributed by atoms with Gasteiger partial charge in [0.15, 0.2) is 0 Å². The standard InChI is InChI=1S/C21H20BrNO5/c1-11-17(20(24)26-3)19(18(12(2)23-11)21(25)27-4)16-10-9-15(28-16)13-7-5-6-8-14(13)22/h5-10,19,23H,1-4H3. The fourth-order valence-corrected chi connectivity index (χ4v) is 3.83. The quantitative estimate of drug-likeness (QED) is 0.707. The van der Waals surface area contributed by atoms with Gasteiger partial charge in [-0.3, -0.25) is 0 Å².